The maximum atomic E-state index is 12.1. The summed E-state index contributed by atoms with van der Waals surface area (Å²) in [5.74, 6) is -4.68. The molecule has 0 saturated heterocycles. The molecule has 0 aliphatic rings. The topological polar surface area (TPSA) is 88.1 Å². The Balaban J connectivity index is 5.90. The fourth-order valence-corrected chi connectivity index (χ4v) is 4.69. The summed E-state index contributed by atoms with van der Waals surface area (Å²) in [5, 5.41) is 0. The van der Waals surface area contributed by atoms with E-state index in [4.69, 9.17) is 122 Å². The second-order valence-corrected chi connectivity index (χ2v) is 14.8. The molecule has 17 heteroatoms. The summed E-state index contributed by atoms with van der Waals surface area (Å²) in [6.45, 7) is 5.58. The zero-order chi connectivity index (χ0) is 24.0. The number of rotatable bonds is 9. The first-order valence-electron chi connectivity index (χ1n) is 7.43. The maximum absolute atomic E-state index is 12.1. The van der Waals surface area contributed by atoms with Crippen molar-refractivity contribution in [2.24, 2.45) is 0 Å². The minimum atomic E-state index is -4.80. The average Bonchev–Trinajstić information content (AvgIpc) is 2.51. The van der Waals surface area contributed by atoms with Gasteiger partial charge < -0.3 is 18.0 Å². The van der Waals surface area contributed by atoms with Gasteiger partial charge in [-0.2, -0.15) is 0 Å². The van der Waals surface area contributed by atoms with Crippen molar-refractivity contribution in [3.05, 3.63) is 12.2 Å². The molecule has 0 aromatic rings. The number of ether oxygens (including phenoxy) is 1. The molecule has 0 saturated carbocycles. The molecule has 0 aliphatic heterocycles. The Kier molecular flexibility index (Phi) is 12.8. The zero-order valence-electron chi connectivity index (χ0n) is 14.8. The Morgan fingerprint density at radius 1 is 0.767 bits per heavy atom. The molecule has 0 aromatic heterocycles. The van der Waals surface area contributed by atoms with Gasteiger partial charge in [0.25, 0.3) is 11.4 Å². The Bertz CT molecular complexity index is 585. The summed E-state index contributed by atoms with van der Waals surface area (Å²) >= 11 is 49.2. The lowest BCUT2D eigenvalue weighted by molar-refractivity contribution is -0.149. The SMILES string of the molecule is C=C(C)COCCC[Si](OC(=O)C(Cl)(Cl)Cl)(OC(=O)C(Cl)(Cl)Cl)OC(=O)C(Cl)(Cl)Cl. The molecule has 0 aliphatic carbocycles. The normalized spacial score (nSPS) is 12.9. The predicted octanol–water partition coefficient (Wildman–Crippen LogP) is 5.65. The van der Waals surface area contributed by atoms with Gasteiger partial charge in [0.1, 0.15) is 0 Å². The van der Waals surface area contributed by atoms with Crippen molar-refractivity contribution >= 4 is 131 Å². The van der Waals surface area contributed by atoms with Crippen molar-refractivity contribution < 1.29 is 32.4 Å². The van der Waals surface area contributed by atoms with Crippen LogP contribution in [-0.4, -0.2) is 51.3 Å². The second kappa shape index (κ2) is 12.4. The van der Waals surface area contributed by atoms with E-state index in [-0.39, 0.29) is 19.6 Å². The van der Waals surface area contributed by atoms with Gasteiger partial charge in [0, 0.05) is 6.61 Å². The predicted molar refractivity (Wildman–Crippen MR) is 120 cm³/mol. The summed E-state index contributed by atoms with van der Waals surface area (Å²) in [6, 6.07) is -0.450. The van der Waals surface area contributed by atoms with Crippen LogP contribution in [0.15, 0.2) is 12.2 Å². The van der Waals surface area contributed by atoms with E-state index in [0.717, 1.165) is 0 Å². The molecule has 0 atom stereocenters. The van der Waals surface area contributed by atoms with Crippen LogP contribution in [0.5, 0.6) is 0 Å². The quantitative estimate of drug-likeness (QED) is 0.141. The van der Waals surface area contributed by atoms with Gasteiger partial charge in [0.15, 0.2) is 0 Å². The molecule has 7 nitrogen and oxygen atoms in total. The monoisotopic (exact) mass is 624 g/mol. The van der Waals surface area contributed by atoms with E-state index in [0.29, 0.717) is 5.57 Å². The molecule has 0 unspecified atom stereocenters. The molecule has 174 valence electrons. The van der Waals surface area contributed by atoms with E-state index >= 15 is 0 Å². The standard InChI is InChI=1S/C13H13Cl9O7Si/c1-7(2)6-26-4-3-5-30(27-8(23)11(14,15)16,28-9(24)12(17,18)19)29-10(25)13(20,21)22/h1,3-6H2,2H3. The third-order valence-electron chi connectivity index (χ3n) is 2.56. The number of halogens is 9. The molecular formula is C13H13Cl9O7Si. The highest BCUT2D eigenvalue weighted by atomic mass is 35.6. The van der Waals surface area contributed by atoms with Gasteiger partial charge in [-0.15, -0.1) is 0 Å². The highest BCUT2D eigenvalue weighted by molar-refractivity contribution is 6.81. The van der Waals surface area contributed by atoms with Gasteiger partial charge in [0.05, 0.1) is 12.7 Å². The van der Waals surface area contributed by atoms with Crippen LogP contribution >= 0.6 is 104 Å². The van der Waals surface area contributed by atoms with Crippen LogP contribution in [0, 0.1) is 0 Å². The van der Waals surface area contributed by atoms with E-state index in [1.807, 2.05) is 0 Å². The Hall–Kier alpha value is 0.937. The summed E-state index contributed by atoms with van der Waals surface area (Å²) in [4.78, 5) is 36.3. The molecule has 0 aromatic carbocycles. The minimum absolute atomic E-state index is 0.00703. The van der Waals surface area contributed by atoms with Crippen molar-refractivity contribution in [3.63, 3.8) is 0 Å². The van der Waals surface area contributed by atoms with E-state index < -0.39 is 44.1 Å². The highest BCUT2D eigenvalue weighted by Crippen LogP contribution is 2.36. The van der Waals surface area contributed by atoms with Crippen molar-refractivity contribution in [2.45, 2.75) is 30.8 Å². The maximum Gasteiger partial charge on any atom is 0.705 e. The molecule has 0 spiro atoms. The van der Waals surface area contributed by atoms with Crippen molar-refractivity contribution in [3.8, 4) is 0 Å². The number of hydrogen-bond donors (Lipinski definition) is 0. The summed E-state index contributed by atoms with van der Waals surface area (Å²) in [5.41, 5.74) is 0.714. The summed E-state index contributed by atoms with van der Waals surface area (Å²) in [6.07, 6.45) is -0.00703. The second-order valence-electron chi connectivity index (χ2n) is 5.46. The fraction of sp³-hybridized carbons (Fsp3) is 0.615. The Morgan fingerprint density at radius 2 is 1.10 bits per heavy atom. The summed E-state index contributed by atoms with van der Waals surface area (Å²) < 4.78 is 12.2. The smallest absolute Gasteiger partial charge is 0.452 e. The first-order chi connectivity index (χ1) is 13.3. The van der Waals surface area contributed by atoms with E-state index in [9.17, 15) is 14.4 Å². The number of hydrogen-bond acceptors (Lipinski definition) is 7. The van der Waals surface area contributed by atoms with Crippen LogP contribution in [0.4, 0.5) is 0 Å². The van der Waals surface area contributed by atoms with Gasteiger partial charge in [0.2, 0.25) is 0 Å². The van der Waals surface area contributed by atoms with Crippen molar-refractivity contribution in [1.29, 1.82) is 0 Å². The lowest BCUT2D eigenvalue weighted by Gasteiger charge is -2.30. The molecule has 0 heterocycles. The molecule has 0 rings (SSSR count). The van der Waals surface area contributed by atoms with Crippen molar-refractivity contribution in [1.82, 2.24) is 0 Å². The molecular weight excluding hydrogens is 615 g/mol. The minimum Gasteiger partial charge on any atom is -0.452 e. The van der Waals surface area contributed by atoms with Crippen LogP contribution in [0.3, 0.4) is 0 Å². The lowest BCUT2D eigenvalue weighted by atomic mass is 10.4. The Morgan fingerprint density at radius 3 is 1.37 bits per heavy atom. The highest BCUT2D eigenvalue weighted by Gasteiger charge is 2.59. The molecule has 30 heavy (non-hydrogen) atoms. The molecule has 0 radical (unpaired) electrons. The lowest BCUT2D eigenvalue weighted by Crippen LogP contribution is -2.54. The average molecular weight is 628 g/mol. The summed E-state index contributed by atoms with van der Waals surface area (Å²) in [7, 11) is -4.80. The fourth-order valence-electron chi connectivity index (χ4n) is 1.45. The van der Waals surface area contributed by atoms with Gasteiger partial charge in [-0.1, -0.05) is 117 Å². The van der Waals surface area contributed by atoms with Gasteiger partial charge in [-0.3, -0.25) is 0 Å². The molecule has 0 fully saturated rings. The van der Waals surface area contributed by atoms with Crippen LogP contribution in [0.25, 0.3) is 0 Å². The van der Waals surface area contributed by atoms with Crippen molar-refractivity contribution in [2.75, 3.05) is 13.2 Å². The van der Waals surface area contributed by atoms with E-state index in [2.05, 4.69) is 6.58 Å². The zero-order valence-corrected chi connectivity index (χ0v) is 22.6. The number of carbonyl (C=O) groups is 3. The third kappa shape index (κ3) is 12.3. The molecule has 0 bridgehead atoms. The Labute approximate surface area is 218 Å². The number of alkyl halides is 9. The molecule has 0 amide bonds. The first-order valence-corrected chi connectivity index (χ1v) is 12.8. The van der Waals surface area contributed by atoms with Crippen LogP contribution in [0.1, 0.15) is 13.3 Å². The van der Waals surface area contributed by atoms with Gasteiger partial charge in [-0.05, 0) is 13.3 Å². The third-order valence-corrected chi connectivity index (χ3v) is 6.40. The largest absolute Gasteiger partial charge is 0.705 e. The van der Waals surface area contributed by atoms with E-state index in [1.54, 1.807) is 6.92 Å². The van der Waals surface area contributed by atoms with Crippen LogP contribution in [0.2, 0.25) is 6.04 Å². The van der Waals surface area contributed by atoms with Gasteiger partial charge >= 0.3 is 26.7 Å². The van der Waals surface area contributed by atoms with Crippen LogP contribution < -0.4 is 0 Å². The van der Waals surface area contributed by atoms with Gasteiger partial charge in [-0.25, -0.2) is 14.4 Å². The first kappa shape index (κ1) is 30.9. The van der Waals surface area contributed by atoms with E-state index in [1.165, 1.54) is 0 Å². The number of carbonyl (C=O) groups excluding carboxylic acids is 3. The van der Waals surface area contributed by atoms with Crippen LogP contribution in [-0.2, 0) is 32.4 Å². The molecule has 0 N–H and O–H groups in total.